The molecular weight excluding hydrogens is 526 g/mol. The molecule has 1 heterocycles. The minimum atomic E-state index is -0.0226. The van der Waals surface area contributed by atoms with Gasteiger partial charge in [-0.25, -0.2) is 0 Å². The highest BCUT2D eigenvalue weighted by Gasteiger charge is 2.61. The number of rotatable bonds is 8. The Bertz CT molecular complexity index is 1160. The maximum Gasteiger partial charge on any atom is 0.217 e. The maximum atomic E-state index is 10.4. The van der Waals surface area contributed by atoms with Crippen molar-refractivity contribution < 1.29 is 9.90 Å². The third-order valence-electron chi connectivity index (χ3n) is 12.3. The van der Waals surface area contributed by atoms with E-state index in [9.17, 15) is 9.90 Å². The van der Waals surface area contributed by atoms with Gasteiger partial charge in [0.25, 0.3) is 0 Å². The molecule has 1 aromatic heterocycles. The van der Waals surface area contributed by atoms with Crippen LogP contribution in [-0.2, 0) is 4.79 Å². The highest BCUT2D eigenvalue weighted by molar-refractivity contribution is 7.98. The average molecular weight is 580 g/mol. The fourth-order valence-corrected chi connectivity index (χ4v) is 10.9. The minimum Gasteiger partial charge on any atom is -0.393 e. The molecule has 1 amide bonds. The lowest BCUT2D eigenvalue weighted by Gasteiger charge is -2.63. The second kappa shape index (κ2) is 13.3. The lowest BCUT2D eigenvalue weighted by Crippen LogP contribution is -2.56. The molecule has 0 spiro atoms. The van der Waals surface area contributed by atoms with Gasteiger partial charge in [0.1, 0.15) is 0 Å². The predicted octanol–water partition coefficient (Wildman–Crippen LogP) is 7.63. The first-order valence-corrected chi connectivity index (χ1v) is 17.2. The smallest absolute Gasteiger partial charge is 0.217 e. The van der Waals surface area contributed by atoms with Crippen molar-refractivity contribution in [3.05, 3.63) is 36.5 Å². The highest BCUT2D eigenvalue weighted by Crippen LogP contribution is 2.69. The number of benzene rings is 1. The molecule has 0 saturated heterocycles. The van der Waals surface area contributed by atoms with E-state index in [-0.39, 0.29) is 6.10 Å². The highest BCUT2D eigenvalue weighted by atomic mass is 32.2. The van der Waals surface area contributed by atoms with E-state index in [1.54, 1.807) is 6.20 Å². The summed E-state index contributed by atoms with van der Waals surface area (Å²) in [5.41, 5.74) is 2.06. The minimum absolute atomic E-state index is 0.0226. The maximum absolute atomic E-state index is 10.4. The third kappa shape index (κ3) is 6.08. The van der Waals surface area contributed by atoms with Crippen LogP contribution >= 0.6 is 11.9 Å². The molecule has 2 aromatic rings. The fourth-order valence-electron chi connectivity index (χ4n) is 10.3. The summed E-state index contributed by atoms with van der Waals surface area (Å²) >= 11 is 1.29. The second-order valence-corrected chi connectivity index (χ2v) is 14.9. The van der Waals surface area contributed by atoms with Crippen LogP contribution < -0.4 is 10.0 Å². The Hall–Kier alpha value is -1.63. The summed E-state index contributed by atoms with van der Waals surface area (Å²) < 4.78 is 2.57. The van der Waals surface area contributed by atoms with E-state index in [4.69, 9.17) is 0 Å². The van der Waals surface area contributed by atoms with Gasteiger partial charge in [0.05, 0.1) is 11.6 Å². The van der Waals surface area contributed by atoms with Crippen molar-refractivity contribution in [1.82, 2.24) is 15.0 Å². The first-order chi connectivity index (χ1) is 19.9. The number of amides is 1. The molecule has 6 rings (SSSR count). The molecule has 9 atom stereocenters. The van der Waals surface area contributed by atoms with Crippen LogP contribution in [0.25, 0.3) is 10.9 Å². The molecule has 226 valence electrons. The van der Waals surface area contributed by atoms with Gasteiger partial charge >= 0.3 is 0 Å². The summed E-state index contributed by atoms with van der Waals surface area (Å²) in [5, 5.41) is 14.8. The molecule has 5 nitrogen and oxygen atoms in total. The second-order valence-electron chi connectivity index (χ2n) is 14.0. The van der Waals surface area contributed by atoms with E-state index in [1.807, 2.05) is 30.3 Å². The Morgan fingerprint density at radius 3 is 2.61 bits per heavy atom. The van der Waals surface area contributed by atoms with E-state index in [2.05, 4.69) is 42.8 Å². The largest absolute Gasteiger partial charge is 0.393 e. The zero-order chi connectivity index (χ0) is 29.0. The summed E-state index contributed by atoms with van der Waals surface area (Å²) in [6.45, 7) is 8.93. The number of hydrogen-bond acceptors (Lipinski definition) is 5. The first-order valence-electron chi connectivity index (χ1n) is 16.4. The molecule has 0 aliphatic heterocycles. The van der Waals surface area contributed by atoms with Crippen LogP contribution in [-0.4, -0.2) is 36.2 Å². The summed E-state index contributed by atoms with van der Waals surface area (Å²) in [6, 6.07) is 9.68. The summed E-state index contributed by atoms with van der Waals surface area (Å²) in [5.74, 6) is 5.50. The molecule has 4 fully saturated rings. The zero-order valence-corrected chi connectivity index (χ0v) is 26.6. The molecule has 4 saturated carbocycles. The number of aliphatic hydroxyl groups is 1. The van der Waals surface area contributed by atoms with E-state index >= 15 is 0 Å². The van der Waals surface area contributed by atoms with Crippen molar-refractivity contribution in [3.8, 4) is 0 Å². The Labute approximate surface area is 252 Å². The molecule has 41 heavy (non-hydrogen) atoms. The van der Waals surface area contributed by atoms with E-state index < -0.39 is 0 Å². The normalized spacial score (nSPS) is 37.7. The zero-order valence-electron chi connectivity index (χ0n) is 25.8. The Morgan fingerprint density at radius 2 is 1.83 bits per heavy atom. The van der Waals surface area contributed by atoms with Crippen LogP contribution in [0.2, 0.25) is 0 Å². The summed E-state index contributed by atoms with van der Waals surface area (Å²) in [4.78, 5) is 15.4. The Balaban J connectivity index is 0.000000202. The van der Waals surface area contributed by atoms with Crippen molar-refractivity contribution in [2.75, 3.05) is 13.6 Å². The number of aliphatic hydroxyl groups excluding tert-OH is 1. The van der Waals surface area contributed by atoms with Crippen molar-refractivity contribution in [3.63, 3.8) is 0 Å². The number of nitrogens with zero attached hydrogens (tertiary/aromatic N) is 1. The third-order valence-corrected chi connectivity index (χ3v) is 13.1. The van der Waals surface area contributed by atoms with Gasteiger partial charge in [0, 0.05) is 16.5 Å². The van der Waals surface area contributed by atoms with Gasteiger partial charge in [-0.1, -0.05) is 39.3 Å². The number of hydrogen-bond donors (Lipinski definition) is 3. The molecule has 4 aliphatic rings. The van der Waals surface area contributed by atoms with E-state index in [0.29, 0.717) is 17.2 Å². The van der Waals surface area contributed by atoms with Crippen LogP contribution in [0.3, 0.4) is 0 Å². The lowest BCUT2D eigenvalue weighted by molar-refractivity contribution is -0.150. The SMILES string of the molecule is CC[C@H]1CC2C3CC[C@H](CCCNC)C3(C)CC[C@@H]2C2(C)CC[C@@H](O)CC12.O=CNSc1cccc2ncccc12. The first kappa shape index (κ1) is 30.8. The number of carbonyl (C=O) groups excluding carboxylic acids is 1. The number of carbonyl (C=O) groups is 1. The van der Waals surface area contributed by atoms with Crippen molar-refractivity contribution in [2.24, 2.45) is 46.3 Å². The molecular formula is C35H53N3O2S. The predicted molar refractivity (Wildman–Crippen MR) is 170 cm³/mol. The van der Waals surface area contributed by atoms with Crippen molar-refractivity contribution in [1.29, 1.82) is 0 Å². The van der Waals surface area contributed by atoms with Gasteiger partial charge in [-0.05, 0) is 154 Å². The van der Waals surface area contributed by atoms with Gasteiger partial charge in [-0.2, -0.15) is 0 Å². The molecule has 3 N–H and O–H groups in total. The van der Waals surface area contributed by atoms with Crippen LogP contribution in [0, 0.1) is 46.3 Å². The average Bonchev–Trinajstić information content (AvgIpc) is 3.33. The molecule has 0 bridgehead atoms. The van der Waals surface area contributed by atoms with Gasteiger partial charge in [0.2, 0.25) is 6.41 Å². The van der Waals surface area contributed by atoms with Crippen molar-refractivity contribution >= 4 is 29.3 Å². The van der Waals surface area contributed by atoms with Gasteiger partial charge < -0.3 is 10.4 Å². The summed E-state index contributed by atoms with van der Waals surface area (Å²) in [6.07, 6.45) is 17.4. The summed E-state index contributed by atoms with van der Waals surface area (Å²) in [7, 11) is 2.09. The molecule has 6 heteroatoms. The molecule has 4 aliphatic carbocycles. The monoisotopic (exact) mass is 579 g/mol. The molecule has 0 radical (unpaired) electrons. The topological polar surface area (TPSA) is 74.2 Å². The Kier molecular flexibility index (Phi) is 10.0. The fraction of sp³-hybridized carbons (Fsp3) is 0.714. The van der Waals surface area contributed by atoms with Gasteiger partial charge in [-0.3, -0.25) is 14.5 Å². The number of aromatic nitrogens is 1. The van der Waals surface area contributed by atoms with Crippen LogP contribution in [0.4, 0.5) is 0 Å². The van der Waals surface area contributed by atoms with Crippen LogP contribution in [0.1, 0.15) is 91.4 Å². The number of pyridine rings is 1. The standard InChI is InChI=1S/C25H45NO.C10H8N2OS/c1-5-17-15-20-21-9-8-18(7-6-14-26-4)24(21,2)13-11-22(20)25(3)12-10-19(27)16-23(17)25;13-7-12-14-10-5-1-4-9-8(10)3-2-6-11-9/h17-23,26-27H,5-16H2,1-4H3;1-7H,(H,12,13)/t17-,18-,19+,20?,21?,22-,23?,24?,25?;/m0./s1. The lowest BCUT2D eigenvalue weighted by atomic mass is 9.42. The van der Waals surface area contributed by atoms with Crippen molar-refractivity contribution in [2.45, 2.75) is 102 Å². The van der Waals surface area contributed by atoms with E-state index in [1.165, 1.54) is 76.3 Å². The van der Waals surface area contributed by atoms with Crippen LogP contribution in [0.15, 0.2) is 41.4 Å². The molecule has 1 aromatic carbocycles. The van der Waals surface area contributed by atoms with Gasteiger partial charge in [-0.15, -0.1) is 0 Å². The van der Waals surface area contributed by atoms with Gasteiger partial charge in [0.15, 0.2) is 0 Å². The molecule has 5 unspecified atom stereocenters. The number of fused-ring (bicyclic) bond motifs is 6. The van der Waals surface area contributed by atoms with E-state index in [0.717, 1.165) is 64.1 Å². The quantitative estimate of drug-likeness (QED) is 0.170. The number of nitrogens with one attached hydrogen (secondary N) is 2. The van der Waals surface area contributed by atoms with Crippen LogP contribution in [0.5, 0.6) is 0 Å². The Morgan fingerprint density at radius 1 is 1.02 bits per heavy atom.